The van der Waals surface area contributed by atoms with Gasteiger partial charge in [-0.25, -0.2) is 5.43 Å². The van der Waals surface area contributed by atoms with E-state index in [1.165, 1.54) is 0 Å². The minimum atomic E-state index is -4.33. The third-order valence-electron chi connectivity index (χ3n) is 3.12. The Morgan fingerprint density at radius 2 is 1.91 bits per heavy atom. The van der Waals surface area contributed by atoms with Crippen LogP contribution in [0, 0.1) is 0 Å². The number of nitrogens with one attached hydrogen (secondary N) is 2. The average molecular weight is 326 g/mol. The maximum atomic E-state index is 12.1. The highest BCUT2D eigenvalue weighted by molar-refractivity contribution is 7.11. The summed E-state index contributed by atoms with van der Waals surface area (Å²) in [6.07, 6.45) is -2.29. The second kappa shape index (κ2) is 6.02. The molecular formula is C15H13F3N2OS. The fourth-order valence-electron chi connectivity index (χ4n) is 2.10. The standard InChI is InChI=1S/C15H13F3N2OS/c16-15(17,18)9-21-11-5-3-10(4-6-11)12-8-13(20-19-12)14-2-1-7-22-14/h1-8,12,19-20H,9H2. The molecule has 1 aromatic heterocycles. The first-order chi connectivity index (χ1) is 10.5. The van der Waals surface area contributed by atoms with E-state index in [0.717, 1.165) is 16.1 Å². The van der Waals surface area contributed by atoms with E-state index in [1.807, 2.05) is 23.6 Å². The lowest BCUT2D eigenvalue weighted by atomic mass is 10.1. The molecule has 0 spiro atoms. The van der Waals surface area contributed by atoms with Crippen LogP contribution in [-0.2, 0) is 0 Å². The molecule has 7 heteroatoms. The van der Waals surface area contributed by atoms with Crippen molar-refractivity contribution in [1.29, 1.82) is 0 Å². The van der Waals surface area contributed by atoms with E-state index in [-0.39, 0.29) is 11.8 Å². The first kappa shape index (κ1) is 14.9. The van der Waals surface area contributed by atoms with Gasteiger partial charge in [0.2, 0.25) is 0 Å². The summed E-state index contributed by atoms with van der Waals surface area (Å²) in [6, 6.07) is 10.5. The van der Waals surface area contributed by atoms with Crippen molar-refractivity contribution >= 4 is 17.0 Å². The molecule has 3 nitrogen and oxygen atoms in total. The van der Waals surface area contributed by atoms with Gasteiger partial charge in [-0.05, 0) is 35.2 Å². The quantitative estimate of drug-likeness (QED) is 0.894. The Morgan fingerprint density at radius 1 is 1.14 bits per heavy atom. The molecule has 0 saturated carbocycles. The molecule has 0 aliphatic carbocycles. The molecule has 2 N–H and O–H groups in total. The van der Waals surface area contributed by atoms with Crippen molar-refractivity contribution in [1.82, 2.24) is 10.9 Å². The number of ether oxygens (including phenoxy) is 1. The molecule has 1 unspecified atom stereocenters. The molecule has 0 fully saturated rings. The van der Waals surface area contributed by atoms with E-state index in [1.54, 1.807) is 35.6 Å². The highest BCUT2D eigenvalue weighted by Crippen LogP contribution is 2.28. The van der Waals surface area contributed by atoms with Gasteiger partial charge >= 0.3 is 6.18 Å². The lowest BCUT2D eigenvalue weighted by Gasteiger charge is -2.12. The number of benzene rings is 1. The Hall–Kier alpha value is -1.99. The van der Waals surface area contributed by atoms with Crippen LogP contribution in [0.15, 0.2) is 47.9 Å². The summed E-state index contributed by atoms with van der Waals surface area (Å²) in [5.41, 5.74) is 8.18. The molecule has 1 aliphatic rings. The summed E-state index contributed by atoms with van der Waals surface area (Å²) < 4.78 is 41.0. The maximum Gasteiger partial charge on any atom is 0.422 e. The van der Waals surface area contributed by atoms with Crippen LogP contribution in [0.2, 0.25) is 0 Å². The Labute approximate surface area is 129 Å². The molecule has 1 aromatic carbocycles. The van der Waals surface area contributed by atoms with Crippen LogP contribution in [0.3, 0.4) is 0 Å². The zero-order valence-corrected chi connectivity index (χ0v) is 12.2. The zero-order valence-electron chi connectivity index (χ0n) is 11.4. The number of halogens is 3. The van der Waals surface area contributed by atoms with Crippen LogP contribution in [0.25, 0.3) is 5.70 Å². The van der Waals surface area contributed by atoms with E-state index >= 15 is 0 Å². The van der Waals surface area contributed by atoms with Gasteiger partial charge in [-0.1, -0.05) is 18.2 Å². The largest absolute Gasteiger partial charge is 0.484 e. The topological polar surface area (TPSA) is 33.3 Å². The normalized spacial score (nSPS) is 18.0. The summed E-state index contributed by atoms with van der Waals surface area (Å²) in [4.78, 5) is 1.13. The first-order valence-corrected chi connectivity index (χ1v) is 7.46. The van der Waals surface area contributed by atoms with E-state index in [9.17, 15) is 13.2 Å². The van der Waals surface area contributed by atoms with Gasteiger partial charge in [0, 0.05) is 0 Å². The molecule has 0 amide bonds. The molecule has 2 heterocycles. The van der Waals surface area contributed by atoms with Crippen LogP contribution in [0.4, 0.5) is 13.2 Å². The molecule has 2 aromatic rings. The monoisotopic (exact) mass is 326 g/mol. The Morgan fingerprint density at radius 3 is 2.55 bits per heavy atom. The molecule has 0 bridgehead atoms. The van der Waals surface area contributed by atoms with Crippen LogP contribution >= 0.6 is 11.3 Å². The van der Waals surface area contributed by atoms with Gasteiger partial charge in [-0.3, -0.25) is 0 Å². The van der Waals surface area contributed by atoms with E-state index in [2.05, 4.69) is 10.9 Å². The highest BCUT2D eigenvalue weighted by Gasteiger charge is 2.28. The number of alkyl halides is 3. The third kappa shape index (κ3) is 3.61. The van der Waals surface area contributed by atoms with Gasteiger partial charge in [0.25, 0.3) is 0 Å². The molecule has 116 valence electrons. The van der Waals surface area contributed by atoms with Crippen LogP contribution in [-0.4, -0.2) is 12.8 Å². The fourth-order valence-corrected chi connectivity index (χ4v) is 2.80. The predicted molar refractivity (Wildman–Crippen MR) is 79.3 cm³/mol. The van der Waals surface area contributed by atoms with Crippen molar-refractivity contribution in [2.24, 2.45) is 0 Å². The number of hydrazine groups is 1. The number of rotatable bonds is 4. The van der Waals surface area contributed by atoms with Crippen LogP contribution < -0.4 is 15.6 Å². The van der Waals surface area contributed by atoms with Crippen molar-refractivity contribution in [3.05, 3.63) is 58.3 Å². The molecule has 1 aliphatic heterocycles. The SMILES string of the molecule is FC(F)(F)COc1ccc(C2C=C(c3cccs3)NN2)cc1. The minimum Gasteiger partial charge on any atom is -0.484 e. The summed E-state index contributed by atoms with van der Waals surface area (Å²) in [5.74, 6) is 0.203. The molecule has 0 radical (unpaired) electrons. The lowest BCUT2D eigenvalue weighted by Crippen LogP contribution is -2.26. The summed E-state index contributed by atoms with van der Waals surface area (Å²) >= 11 is 1.63. The summed E-state index contributed by atoms with van der Waals surface area (Å²) in [6.45, 7) is -1.28. The van der Waals surface area contributed by atoms with Crippen molar-refractivity contribution in [2.75, 3.05) is 6.61 Å². The molecular weight excluding hydrogens is 313 g/mol. The van der Waals surface area contributed by atoms with Gasteiger partial charge in [0.1, 0.15) is 5.75 Å². The van der Waals surface area contributed by atoms with Crippen LogP contribution in [0.1, 0.15) is 16.5 Å². The third-order valence-corrected chi connectivity index (χ3v) is 4.03. The Bertz CT molecular complexity index is 650. The van der Waals surface area contributed by atoms with Crippen LogP contribution in [0.5, 0.6) is 5.75 Å². The van der Waals surface area contributed by atoms with Crippen molar-refractivity contribution in [3.8, 4) is 5.75 Å². The smallest absolute Gasteiger partial charge is 0.422 e. The van der Waals surface area contributed by atoms with Crippen molar-refractivity contribution < 1.29 is 17.9 Å². The zero-order chi connectivity index (χ0) is 15.6. The Balaban J connectivity index is 1.66. The van der Waals surface area contributed by atoms with Gasteiger partial charge in [0.15, 0.2) is 6.61 Å². The first-order valence-electron chi connectivity index (χ1n) is 6.58. The second-order valence-electron chi connectivity index (χ2n) is 4.78. The highest BCUT2D eigenvalue weighted by atomic mass is 32.1. The van der Waals surface area contributed by atoms with Gasteiger partial charge in [0.05, 0.1) is 16.6 Å². The van der Waals surface area contributed by atoms with E-state index in [0.29, 0.717) is 0 Å². The summed E-state index contributed by atoms with van der Waals surface area (Å²) in [5, 5.41) is 2.00. The number of hydrogen-bond acceptors (Lipinski definition) is 4. The number of thiophene rings is 1. The fraction of sp³-hybridized carbons (Fsp3) is 0.200. The maximum absolute atomic E-state index is 12.1. The number of hydrogen-bond donors (Lipinski definition) is 2. The molecule has 0 saturated heterocycles. The molecule has 1 atom stereocenters. The van der Waals surface area contributed by atoms with Crippen molar-refractivity contribution in [3.63, 3.8) is 0 Å². The predicted octanol–water partition coefficient (Wildman–Crippen LogP) is 3.88. The van der Waals surface area contributed by atoms with E-state index < -0.39 is 12.8 Å². The Kier molecular flexibility index (Phi) is 4.08. The van der Waals surface area contributed by atoms with Gasteiger partial charge in [-0.15, -0.1) is 11.3 Å². The average Bonchev–Trinajstić information content (AvgIpc) is 3.15. The summed E-state index contributed by atoms with van der Waals surface area (Å²) in [7, 11) is 0. The second-order valence-corrected chi connectivity index (χ2v) is 5.73. The van der Waals surface area contributed by atoms with Crippen molar-refractivity contribution in [2.45, 2.75) is 12.2 Å². The molecule has 22 heavy (non-hydrogen) atoms. The lowest BCUT2D eigenvalue weighted by molar-refractivity contribution is -0.153. The van der Waals surface area contributed by atoms with Gasteiger partial charge in [-0.2, -0.15) is 13.2 Å². The van der Waals surface area contributed by atoms with Gasteiger partial charge < -0.3 is 10.2 Å². The molecule has 3 rings (SSSR count). The minimum absolute atomic E-state index is 0.0335. The van der Waals surface area contributed by atoms with E-state index in [4.69, 9.17) is 4.74 Å².